The number of benzene rings is 1. The van der Waals surface area contributed by atoms with E-state index >= 15 is 0 Å². The summed E-state index contributed by atoms with van der Waals surface area (Å²) in [6, 6.07) is 7.83. The zero-order valence-corrected chi connectivity index (χ0v) is 14.3. The van der Waals surface area contributed by atoms with Crippen LogP contribution in [0.5, 0.6) is 5.75 Å². The van der Waals surface area contributed by atoms with Gasteiger partial charge in [0.25, 0.3) is 0 Å². The van der Waals surface area contributed by atoms with Crippen LogP contribution in [0.3, 0.4) is 0 Å². The Bertz CT molecular complexity index is 572. The van der Waals surface area contributed by atoms with Crippen LogP contribution in [0, 0.1) is 0 Å². The standard InChI is InChI=1S/C16H19Cl2NOS/c1-2-13(19)9-11-8-12(17)10-15(18)16(11)20-6-5-14-4-3-7-21-14/h3-4,7-8,10,13H,2,5-6,9,19H2,1H3. The van der Waals surface area contributed by atoms with Crippen molar-refractivity contribution < 1.29 is 4.74 Å². The molecule has 1 aromatic carbocycles. The van der Waals surface area contributed by atoms with Crippen molar-refractivity contribution in [2.45, 2.75) is 32.2 Å². The third-order valence-electron chi connectivity index (χ3n) is 3.27. The SMILES string of the molecule is CCC(N)Cc1cc(Cl)cc(Cl)c1OCCc1cccs1. The van der Waals surface area contributed by atoms with Crippen LogP contribution >= 0.6 is 34.5 Å². The molecule has 0 amide bonds. The Labute approximate surface area is 139 Å². The maximum absolute atomic E-state index is 6.27. The van der Waals surface area contributed by atoms with Crippen LogP contribution in [0.4, 0.5) is 0 Å². The lowest BCUT2D eigenvalue weighted by atomic mass is 10.0. The zero-order chi connectivity index (χ0) is 15.2. The molecule has 2 aromatic rings. The Kier molecular flexibility index (Phi) is 6.37. The van der Waals surface area contributed by atoms with E-state index in [-0.39, 0.29) is 6.04 Å². The highest BCUT2D eigenvalue weighted by atomic mass is 35.5. The summed E-state index contributed by atoms with van der Waals surface area (Å²) < 4.78 is 5.90. The molecule has 21 heavy (non-hydrogen) atoms. The minimum atomic E-state index is 0.0826. The molecule has 0 fully saturated rings. The lowest BCUT2D eigenvalue weighted by molar-refractivity contribution is 0.319. The van der Waals surface area contributed by atoms with Gasteiger partial charge < -0.3 is 10.5 Å². The summed E-state index contributed by atoms with van der Waals surface area (Å²) in [5.74, 6) is 0.710. The van der Waals surface area contributed by atoms with E-state index in [1.165, 1.54) is 4.88 Å². The number of hydrogen-bond donors (Lipinski definition) is 1. The van der Waals surface area contributed by atoms with Crippen molar-refractivity contribution in [2.24, 2.45) is 5.73 Å². The van der Waals surface area contributed by atoms with Crippen molar-refractivity contribution in [3.8, 4) is 5.75 Å². The molecule has 1 heterocycles. The quantitative estimate of drug-likeness (QED) is 0.771. The highest BCUT2D eigenvalue weighted by Crippen LogP contribution is 2.33. The van der Waals surface area contributed by atoms with E-state index in [4.69, 9.17) is 33.7 Å². The molecule has 1 unspecified atom stereocenters. The lowest BCUT2D eigenvalue weighted by Gasteiger charge is -2.16. The average molecular weight is 344 g/mol. The van der Waals surface area contributed by atoms with Crippen LogP contribution in [0.1, 0.15) is 23.8 Å². The molecule has 2 nitrogen and oxygen atoms in total. The summed E-state index contributed by atoms with van der Waals surface area (Å²) in [5, 5.41) is 3.23. The van der Waals surface area contributed by atoms with Gasteiger partial charge in [0.2, 0.25) is 0 Å². The number of rotatable bonds is 7. The molecule has 2 N–H and O–H groups in total. The highest BCUT2D eigenvalue weighted by molar-refractivity contribution is 7.09. The molecule has 5 heteroatoms. The number of halogens is 2. The van der Waals surface area contributed by atoms with E-state index in [0.717, 1.165) is 18.4 Å². The molecule has 0 saturated heterocycles. The van der Waals surface area contributed by atoms with Gasteiger partial charge in [-0.05, 0) is 42.0 Å². The first kappa shape index (κ1) is 16.6. The average Bonchev–Trinajstić information content (AvgIpc) is 2.94. The molecular formula is C16H19Cl2NOS. The third kappa shape index (κ3) is 4.89. The largest absolute Gasteiger partial charge is 0.491 e. The molecule has 0 bridgehead atoms. The molecule has 1 atom stereocenters. The van der Waals surface area contributed by atoms with Crippen LogP contribution < -0.4 is 10.5 Å². The number of thiophene rings is 1. The Morgan fingerprint density at radius 3 is 2.81 bits per heavy atom. The maximum Gasteiger partial charge on any atom is 0.141 e. The van der Waals surface area contributed by atoms with Crippen molar-refractivity contribution in [1.82, 2.24) is 0 Å². The van der Waals surface area contributed by atoms with Gasteiger partial charge in [-0.3, -0.25) is 0 Å². The van der Waals surface area contributed by atoms with Crippen molar-refractivity contribution in [3.05, 3.63) is 50.1 Å². The van der Waals surface area contributed by atoms with E-state index in [0.29, 0.717) is 28.8 Å². The summed E-state index contributed by atoms with van der Waals surface area (Å²) in [6.45, 7) is 2.66. The predicted octanol–water partition coefficient (Wildman–Crippen LogP) is 4.96. The fourth-order valence-corrected chi connectivity index (χ4v) is 3.34. The van der Waals surface area contributed by atoms with Crippen LogP contribution in [0.15, 0.2) is 29.6 Å². The summed E-state index contributed by atoms with van der Waals surface area (Å²) in [7, 11) is 0. The molecule has 0 radical (unpaired) electrons. The van der Waals surface area contributed by atoms with Gasteiger partial charge in [-0.15, -0.1) is 11.3 Å². The monoisotopic (exact) mass is 343 g/mol. The second-order valence-electron chi connectivity index (χ2n) is 4.93. The molecule has 0 aliphatic carbocycles. The fraction of sp³-hybridized carbons (Fsp3) is 0.375. The van der Waals surface area contributed by atoms with Gasteiger partial charge in [0.05, 0.1) is 11.6 Å². The topological polar surface area (TPSA) is 35.2 Å². The summed E-state index contributed by atoms with van der Waals surface area (Å²) >= 11 is 14.1. The van der Waals surface area contributed by atoms with Gasteiger partial charge >= 0.3 is 0 Å². The number of nitrogens with two attached hydrogens (primary N) is 1. The summed E-state index contributed by atoms with van der Waals surface area (Å²) in [5.41, 5.74) is 7.02. The van der Waals surface area contributed by atoms with Gasteiger partial charge in [-0.1, -0.05) is 36.2 Å². The fourth-order valence-electron chi connectivity index (χ4n) is 2.06. The molecule has 0 aliphatic heterocycles. The predicted molar refractivity (Wildman–Crippen MR) is 92.0 cm³/mol. The Hall–Kier alpha value is -0.740. The van der Waals surface area contributed by atoms with Gasteiger partial charge in [0, 0.05) is 22.4 Å². The molecule has 2 rings (SSSR count). The van der Waals surface area contributed by atoms with E-state index in [2.05, 4.69) is 18.4 Å². The lowest BCUT2D eigenvalue weighted by Crippen LogP contribution is -2.22. The van der Waals surface area contributed by atoms with Gasteiger partial charge in [0.1, 0.15) is 5.75 Å². The van der Waals surface area contributed by atoms with Crippen molar-refractivity contribution in [2.75, 3.05) is 6.61 Å². The van der Waals surface area contributed by atoms with Crippen LogP contribution in [0.25, 0.3) is 0 Å². The van der Waals surface area contributed by atoms with Crippen LogP contribution in [0.2, 0.25) is 10.0 Å². The second kappa shape index (κ2) is 8.04. The van der Waals surface area contributed by atoms with Crippen LogP contribution in [-0.2, 0) is 12.8 Å². The van der Waals surface area contributed by atoms with E-state index in [1.54, 1.807) is 17.4 Å². The minimum absolute atomic E-state index is 0.0826. The van der Waals surface area contributed by atoms with Crippen molar-refractivity contribution in [3.63, 3.8) is 0 Å². The first-order valence-electron chi connectivity index (χ1n) is 6.98. The second-order valence-corrected chi connectivity index (χ2v) is 6.80. The highest BCUT2D eigenvalue weighted by Gasteiger charge is 2.13. The van der Waals surface area contributed by atoms with E-state index < -0.39 is 0 Å². The molecule has 0 saturated carbocycles. The summed E-state index contributed by atoms with van der Waals surface area (Å²) in [4.78, 5) is 1.30. The Morgan fingerprint density at radius 2 is 2.14 bits per heavy atom. The van der Waals surface area contributed by atoms with Gasteiger partial charge in [0.15, 0.2) is 0 Å². The first-order valence-corrected chi connectivity index (χ1v) is 8.62. The van der Waals surface area contributed by atoms with Crippen LogP contribution in [-0.4, -0.2) is 12.6 Å². The van der Waals surface area contributed by atoms with Gasteiger partial charge in [-0.25, -0.2) is 0 Å². The first-order chi connectivity index (χ1) is 10.1. The van der Waals surface area contributed by atoms with Crippen molar-refractivity contribution in [1.29, 1.82) is 0 Å². The Morgan fingerprint density at radius 1 is 1.33 bits per heavy atom. The van der Waals surface area contributed by atoms with E-state index in [1.807, 2.05) is 12.1 Å². The molecule has 0 spiro atoms. The summed E-state index contributed by atoms with van der Waals surface area (Å²) in [6.07, 6.45) is 2.49. The molecular weight excluding hydrogens is 325 g/mol. The third-order valence-corrected chi connectivity index (χ3v) is 4.70. The normalized spacial score (nSPS) is 12.4. The number of ether oxygens (including phenoxy) is 1. The Balaban J connectivity index is 2.08. The minimum Gasteiger partial charge on any atom is -0.491 e. The maximum atomic E-state index is 6.27. The molecule has 1 aromatic heterocycles. The van der Waals surface area contributed by atoms with E-state index in [9.17, 15) is 0 Å². The number of hydrogen-bond acceptors (Lipinski definition) is 3. The smallest absolute Gasteiger partial charge is 0.141 e. The van der Waals surface area contributed by atoms with Gasteiger partial charge in [-0.2, -0.15) is 0 Å². The molecule has 114 valence electrons. The zero-order valence-electron chi connectivity index (χ0n) is 11.9. The van der Waals surface area contributed by atoms with Crippen molar-refractivity contribution >= 4 is 34.5 Å². The molecule has 0 aliphatic rings.